The van der Waals surface area contributed by atoms with Gasteiger partial charge in [-0.3, -0.25) is 0 Å². The van der Waals surface area contributed by atoms with Crippen LogP contribution in [0.25, 0.3) is 22.8 Å². The van der Waals surface area contributed by atoms with Crippen molar-refractivity contribution in [1.29, 1.82) is 0 Å². The largest absolute Gasteiger partial charge is 0.338 e. The van der Waals surface area contributed by atoms with Crippen LogP contribution in [0.5, 0.6) is 0 Å². The molecule has 2 aromatic carbocycles. The lowest BCUT2D eigenvalue weighted by Gasteiger charge is -2.02. The molecule has 4 aromatic rings. The van der Waals surface area contributed by atoms with Crippen LogP contribution in [-0.2, 0) is 12.8 Å². The topological polar surface area (TPSA) is 69.6 Å². The Kier molecular flexibility index (Phi) is 4.91. The second-order valence-electron chi connectivity index (χ2n) is 5.68. The van der Waals surface area contributed by atoms with E-state index in [1.165, 1.54) is 23.9 Å². The maximum atomic E-state index is 13.1. The molecule has 0 fully saturated rings. The predicted octanol–water partition coefficient (Wildman–Crippen LogP) is 4.62. The van der Waals surface area contributed by atoms with Crippen molar-refractivity contribution < 1.29 is 8.91 Å². The summed E-state index contributed by atoms with van der Waals surface area (Å²) in [7, 11) is 1.86. The van der Waals surface area contributed by atoms with Crippen LogP contribution in [0, 0.1) is 5.82 Å². The third-order valence-electron chi connectivity index (χ3n) is 3.83. The number of thioether (sulfide) groups is 1. The van der Waals surface area contributed by atoms with E-state index in [1.807, 2.05) is 23.7 Å². The van der Waals surface area contributed by atoms with E-state index >= 15 is 0 Å². The smallest absolute Gasteiger partial charge is 0.237 e. The van der Waals surface area contributed by atoms with Crippen LogP contribution in [0.3, 0.4) is 0 Å². The highest BCUT2D eigenvalue weighted by atomic mass is 35.5. The molecule has 0 amide bonds. The molecule has 0 atom stereocenters. The van der Waals surface area contributed by atoms with Crippen LogP contribution < -0.4 is 0 Å². The van der Waals surface area contributed by atoms with Gasteiger partial charge in [0.2, 0.25) is 11.7 Å². The second-order valence-corrected chi connectivity index (χ2v) is 7.06. The van der Waals surface area contributed by atoms with Gasteiger partial charge in [0.05, 0.1) is 5.75 Å². The van der Waals surface area contributed by atoms with Crippen LogP contribution in [0.1, 0.15) is 5.89 Å². The molecule has 0 saturated heterocycles. The Morgan fingerprint density at radius 3 is 2.48 bits per heavy atom. The molecule has 0 aliphatic carbocycles. The average Bonchev–Trinajstić information content (AvgIpc) is 3.28. The highest BCUT2D eigenvalue weighted by molar-refractivity contribution is 7.98. The molecular weight excluding hydrogens is 389 g/mol. The van der Waals surface area contributed by atoms with Gasteiger partial charge in [0.15, 0.2) is 11.0 Å². The fourth-order valence-electron chi connectivity index (χ4n) is 2.45. The average molecular weight is 402 g/mol. The molecule has 9 heteroatoms. The monoisotopic (exact) mass is 401 g/mol. The normalized spacial score (nSPS) is 11.1. The summed E-state index contributed by atoms with van der Waals surface area (Å²) in [6, 6.07) is 13.4. The van der Waals surface area contributed by atoms with Gasteiger partial charge in [0, 0.05) is 23.2 Å². The van der Waals surface area contributed by atoms with Crippen LogP contribution in [0.4, 0.5) is 4.39 Å². The molecule has 0 aliphatic rings. The zero-order valence-corrected chi connectivity index (χ0v) is 15.7. The number of rotatable bonds is 5. The van der Waals surface area contributed by atoms with Gasteiger partial charge in [-0.05, 0) is 48.5 Å². The number of aromatic nitrogens is 5. The SMILES string of the molecule is Cn1c(SCc2nc(-c3ccc(Cl)cc3)no2)nnc1-c1ccc(F)cc1. The standard InChI is InChI=1S/C18H13ClFN5OS/c1-25-17(12-4-8-14(20)9-5-12)22-23-18(25)27-10-15-21-16(24-26-15)11-2-6-13(19)7-3-11/h2-9H,10H2,1H3. The van der Waals surface area contributed by atoms with Crippen molar-refractivity contribution in [1.82, 2.24) is 24.9 Å². The Bertz CT molecular complexity index is 1060. The second kappa shape index (κ2) is 7.50. The van der Waals surface area contributed by atoms with Crippen molar-refractivity contribution >= 4 is 23.4 Å². The van der Waals surface area contributed by atoms with Crippen LogP contribution in [0.2, 0.25) is 5.02 Å². The highest BCUT2D eigenvalue weighted by Crippen LogP contribution is 2.26. The third-order valence-corrected chi connectivity index (χ3v) is 5.09. The summed E-state index contributed by atoms with van der Waals surface area (Å²) < 4.78 is 20.2. The third kappa shape index (κ3) is 3.86. The summed E-state index contributed by atoms with van der Waals surface area (Å²) in [6.07, 6.45) is 0. The Morgan fingerprint density at radius 2 is 1.74 bits per heavy atom. The fourth-order valence-corrected chi connectivity index (χ4v) is 3.32. The summed E-state index contributed by atoms with van der Waals surface area (Å²) in [5, 5.41) is 13.7. The molecule has 0 saturated carbocycles. The molecule has 0 aliphatic heterocycles. The van der Waals surface area contributed by atoms with Crippen molar-refractivity contribution in [2.24, 2.45) is 7.05 Å². The molecule has 27 heavy (non-hydrogen) atoms. The molecule has 0 unspecified atom stereocenters. The summed E-state index contributed by atoms with van der Waals surface area (Å²) in [4.78, 5) is 4.39. The minimum absolute atomic E-state index is 0.289. The Balaban J connectivity index is 1.46. The van der Waals surface area contributed by atoms with E-state index in [9.17, 15) is 4.39 Å². The van der Waals surface area contributed by atoms with Crippen LogP contribution in [0.15, 0.2) is 58.2 Å². The van der Waals surface area contributed by atoms with Crippen molar-refractivity contribution in [2.75, 3.05) is 0 Å². The molecule has 2 aromatic heterocycles. The van der Waals surface area contributed by atoms with E-state index in [0.717, 1.165) is 11.1 Å². The maximum absolute atomic E-state index is 13.1. The lowest BCUT2D eigenvalue weighted by molar-refractivity contribution is 0.391. The molecule has 0 N–H and O–H groups in total. The Morgan fingerprint density at radius 1 is 1.04 bits per heavy atom. The number of benzene rings is 2. The number of halogens is 2. The lowest BCUT2D eigenvalue weighted by atomic mass is 10.2. The molecule has 6 nitrogen and oxygen atoms in total. The minimum Gasteiger partial charge on any atom is -0.338 e. The van der Waals surface area contributed by atoms with E-state index in [-0.39, 0.29) is 5.82 Å². The van der Waals surface area contributed by atoms with Gasteiger partial charge in [-0.25, -0.2) is 4.39 Å². The van der Waals surface area contributed by atoms with Crippen LogP contribution >= 0.6 is 23.4 Å². The van der Waals surface area contributed by atoms with E-state index in [0.29, 0.717) is 33.5 Å². The van der Waals surface area contributed by atoms with E-state index in [1.54, 1.807) is 24.3 Å². The highest BCUT2D eigenvalue weighted by Gasteiger charge is 2.14. The zero-order chi connectivity index (χ0) is 18.8. The van der Waals surface area contributed by atoms with Gasteiger partial charge in [-0.15, -0.1) is 10.2 Å². The molecule has 0 bridgehead atoms. The summed E-state index contributed by atoms with van der Waals surface area (Å²) >= 11 is 7.32. The van der Waals surface area contributed by atoms with Gasteiger partial charge >= 0.3 is 0 Å². The molecule has 136 valence electrons. The number of hydrogen-bond acceptors (Lipinski definition) is 6. The van der Waals surface area contributed by atoms with E-state index in [4.69, 9.17) is 16.1 Å². The van der Waals surface area contributed by atoms with Crippen molar-refractivity contribution in [2.45, 2.75) is 10.9 Å². The first-order chi connectivity index (χ1) is 13.1. The summed E-state index contributed by atoms with van der Waals surface area (Å²) in [5.74, 6) is 1.81. The van der Waals surface area contributed by atoms with Gasteiger partial charge < -0.3 is 9.09 Å². The van der Waals surface area contributed by atoms with E-state index in [2.05, 4.69) is 20.3 Å². The van der Waals surface area contributed by atoms with Crippen molar-refractivity contribution in [3.8, 4) is 22.8 Å². The number of nitrogens with zero attached hydrogens (tertiary/aromatic N) is 5. The quantitative estimate of drug-likeness (QED) is 0.454. The van der Waals surface area contributed by atoms with Gasteiger partial charge in [-0.2, -0.15) is 4.98 Å². The predicted molar refractivity (Wildman–Crippen MR) is 101 cm³/mol. The molecule has 2 heterocycles. The van der Waals surface area contributed by atoms with Crippen molar-refractivity contribution in [3.05, 3.63) is 65.3 Å². The van der Waals surface area contributed by atoms with Crippen LogP contribution in [-0.4, -0.2) is 24.9 Å². The minimum atomic E-state index is -0.289. The van der Waals surface area contributed by atoms with Crippen molar-refractivity contribution in [3.63, 3.8) is 0 Å². The first kappa shape index (κ1) is 17.7. The van der Waals surface area contributed by atoms with Gasteiger partial charge in [-0.1, -0.05) is 28.5 Å². The lowest BCUT2D eigenvalue weighted by Crippen LogP contribution is -1.95. The summed E-state index contributed by atoms with van der Waals surface area (Å²) in [5.41, 5.74) is 1.62. The Labute approximate surface area is 163 Å². The zero-order valence-electron chi connectivity index (χ0n) is 14.1. The van der Waals surface area contributed by atoms with Gasteiger partial charge in [0.25, 0.3) is 0 Å². The maximum Gasteiger partial charge on any atom is 0.237 e. The molecule has 4 rings (SSSR count). The molecule has 0 radical (unpaired) electrons. The van der Waals surface area contributed by atoms with Gasteiger partial charge in [0.1, 0.15) is 5.82 Å². The molecular formula is C18H13ClFN5OS. The first-order valence-corrected chi connectivity index (χ1v) is 9.33. The number of hydrogen-bond donors (Lipinski definition) is 0. The Hall–Kier alpha value is -2.71. The molecule has 0 spiro atoms. The summed E-state index contributed by atoms with van der Waals surface area (Å²) in [6.45, 7) is 0. The first-order valence-electron chi connectivity index (χ1n) is 7.97. The van der Waals surface area contributed by atoms with E-state index < -0.39 is 0 Å². The fraction of sp³-hybridized carbons (Fsp3) is 0.111.